The van der Waals surface area contributed by atoms with Gasteiger partial charge in [-0.05, 0) is 59.7 Å². The van der Waals surface area contributed by atoms with Crippen LogP contribution in [0.3, 0.4) is 0 Å². The molecule has 3 aromatic carbocycles. The Morgan fingerprint density at radius 3 is 2.20 bits per heavy atom. The summed E-state index contributed by atoms with van der Waals surface area (Å²) < 4.78 is 0. The maximum atomic E-state index is 8.93. The molecule has 0 spiro atoms. The Balaban J connectivity index is 0.000000320. The van der Waals surface area contributed by atoms with Crippen LogP contribution < -0.4 is 0 Å². The zero-order valence-electron chi connectivity index (χ0n) is 22.7. The van der Waals surface area contributed by atoms with Crippen LogP contribution in [0.2, 0.25) is 0 Å². The smallest absolute Gasteiger partial charge is 0.0682 e. The summed E-state index contributed by atoms with van der Waals surface area (Å²) >= 11 is 0. The number of aliphatic hydroxyl groups excluding tert-OH is 1. The number of rotatable bonds is 5. The molecule has 1 N–H and O–H groups in total. The van der Waals surface area contributed by atoms with Crippen LogP contribution in [0.25, 0.3) is 12.2 Å². The fraction of sp³-hybridized carbons (Fsp3) is 0.333. The lowest BCUT2D eigenvalue weighted by atomic mass is 9.97. The summed E-state index contributed by atoms with van der Waals surface area (Å²) in [4.78, 5) is 2.53. The molecule has 1 aliphatic rings. The number of fused-ring (bicyclic) bond motifs is 1. The minimum atomic E-state index is 0.0803. The third kappa shape index (κ3) is 10.1. The van der Waals surface area contributed by atoms with Crippen molar-refractivity contribution in [3.63, 3.8) is 0 Å². The summed E-state index contributed by atoms with van der Waals surface area (Å²) in [6, 6.07) is 23.5. The maximum absolute atomic E-state index is 8.93. The zero-order valence-corrected chi connectivity index (χ0v) is 22.7. The molecule has 1 heterocycles. The monoisotopic (exact) mass is 471 g/mol. The molecule has 3 aromatic rings. The van der Waals surface area contributed by atoms with Gasteiger partial charge in [-0.2, -0.15) is 0 Å². The first-order chi connectivity index (χ1) is 17.1. The van der Waals surface area contributed by atoms with Gasteiger partial charge in [-0.3, -0.25) is 4.90 Å². The first-order valence-electron chi connectivity index (χ1n) is 13.0. The molecular weight excluding hydrogens is 426 g/mol. The van der Waals surface area contributed by atoms with Crippen molar-refractivity contribution in [1.29, 1.82) is 0 Å². The Labute approximate surface area is 214 Å². The van der Waals surface area contributed by atoms with E-state index in [2.05, 4.69) is 66.9 Å². The molecule has 0 radical (unpaired) electrons. The molecule has 0 atom stereocenters. The van der Waals surface area contributed by atoms with Gasteiger partial charge in [0.05, 0.1) is 6.61 Å². The average molecular weight is 472 g/mol. The highest BCUT2D eigenvalue weighted by atomic mass is 16.3. The molecule has 2 nitrogen and oxygen atoms in total. The molecule has 2 heteroatoms. The van der Waals surface area contributed by atoms with E-state index in [-0.39, 0.29) is 6.61 Å². The van der Waals surface area contributed by atoms with Gasteiger partial charge in [0, 0.05) is 19.6 Å². The topological polar surface area (TPSA) is 23.5 Å². The highest BCUT2D eigenvalue weighted by molar-refractivity contribution is 5.64. The number of aryl methyl sites for hydroxylation is 1. The van der Waals surface area contributed by atoms with E-state index in [0.717, 1.165) is 29.8 Å². The predicted molar refractivity (Wildman–Crippen MR) is 155 cm³/mol. The summed E-state index contributed by atoms with van der Waals surface area (Å²) in [6.07, 6.45) is 7.00. The van der Waals surface area contributed by atoms with Gasteiger partial charge in [0.1, 0.15) is 0 Å². The number of hydrogen-bond donors (Lipinski definition) is 1. The third-order valence-corrected chi connectivity index (χ3v) is 5.60. The normalized spacial score (nSPS) is 12.2. The lowest BCUT2D eigenvalue weighted by Crippen LogP contribution is -2.30. The van der Waals surface area contributed by atoms with E-state index >= 15 is 0 Å². The number of nitrogens with zero attached hydrogens (tertiary/aromatic N) is 1. The SMILES string of the molecule is C=Cc1cc(CO)ccc1/C=C/C.CC.CC.Cc1ccc2c(c1)CCN(Cc1ccccc1)C2. The fourth-order valence-electron chi connectivity index (χ4n) is 3.95. The minimum Gasteiger partial charge on any atom is -0.392 e. The number of aliphatic hydroxyl groups is 1. The van der Waals surface area contributed by atoms with Crippen LogP contribution in [0.1, 0.15) is 73.6 Å². The van der Waals surface area contributed by atoms with Crippen molar-refractivity contribution in [2.24, 2.45) is 0 Å². The van der Waals surface area contributed by atoms with E-state index in [9.17, 15) is 0 Å². The standard InChI is InChI=1S/C17H19N.C12H14O.2C2H6/c1-14-7-8-17-13-18(10-9-16(17)11-14)12-15-5-3-2-4-6-15;1-3-5-12-7-6-10(9-13)8-11(12)4-2;2*1-2/h2-8,11H,9-10,12-13H2,1H3;3-8,13H,2,9H2,1H3;2*1-2H3/b;5-3+;;. The Morgan fingerprint density at radius 1 is 0.857 bits per heavy atom. The third-order valence-electron chi connectivity index (χ3n) is 5.60. The summed E-state index contributed by atoms with van der Waals surface area (Å²) in [5, 5.41) is 8.93. The van der Waals surface area contributed by atoms with Crippen molar-refractivity contribution in [2.45, 2.75) is 67.7 Å². The van der Waals surface area contributed by atoms with Gasteiger partial charge in [-0.25, -0.2) is 0 Å². The van der Waals surface area contributed by atoms with Gasteiger partial charge < -0.3 is 5.11 Å². The van der Waals surface area contributed by atoms with Crippen LogP contribution in [0.4, 0.5) is 0 Å². The Bertz CT molecular complexity index is 1020. The van der Waals surface area contributed by atoms with Crippen LogP contribution in [-0.2, 0) is 26.1 Å². The van der Waals surface area contributed by atoms with E-state index in [4.69, 9.17) is 5.11 Å². The van der Waals surface area contributed by atoms with Gasteiger partial charge in [-0.15, -0.1) is 0 Å². The van der Waals surface area contributed by atoms with Gasteiger partial charge >= 0.3 is 0 Å². The van der Waals surface area contributed by atoms with Crippen molar-refractivity contribution < 1.29 is 5.11 Å². The van der Waals surface area contributed by atoms with Crippen molar-refractivity contribution in [2.75, 3.05) is 6.54 Å². The summed E-state index contributed by atoms with van der Waals surface area (Å²) in [7, 11) is 0. The summed E-state index contributed by atoms with van der Waals surface area (Å²) in [5.74, 6) is 0. The molecule has 0 saturated heterocycles. The van der Waals surface area contributed by atoms with Gasteiger partial charge in [0.2, 0.25) is 0 Å². The quantitative estimate of drug-likeness (QED) is 0.403. The van der Waals surface area contributed by atoms with Crippen molar-refractivity contribution in [1.82, 2.24) is 4.90 Å². The second-order valence-electron chi connectivity index (χ2n) is 8.04. The van der Waals surface area contributed by atoms with Gasteiger partial charge in [-0.1, -0.05) is 119 Å². The lowest BCUT2D eigenvalue weighted by molar-refractivity contribution is 0.245. The molecule has 0 aliphatic carbocycles. The van der Waals surface area contributed by atoms with E-state index in [1.54, 1.807) is 11.6 Å². The molecule has 0 saturated carbocycles. The van der Waals surface area contributed by atoms with Crippen LogP contribution in [0, 0.1) is 6.92 Å². The zero-order chi connectivity index (χ0) is 26.1. The van der Waals surface area contributed by atoms with Crippen molar-refractivity contribution >= 4 is 12.2 Å². The van der Waals surface area contributed by atoms with E-state index in [1.165, 1.54) is 29.7 Å². The molecule has 0 fully saturated rings. The Kier molecular flexibility index (Phi) is 15.0. The van der Waals surface area contributed by atoms with E-state index in [1.807, 2.05) is 65.0 Å². The largest absolute Gasteiger partial charge is 0.392 e. The Morgan fingerprint density at radius 2 is 1.57 bits per heavy atom. The minimum absolute atomic E-state index is 0.0803. The maximum Gasteiger partial charge on any atom is 0.0682 e. The molecule has 0 bridgehead atoms. The summed E-state index contributed by atoms with van der Waals surface area (Å²) in [5.41, 5.74) is 8.95. The van der Waals surface area contributed by atoms with Crippen molar-refractivity contribution in [3.8, 4) is 0 Å². The molecule has 0 amide bonds. The second kappa shape index (κ2) is 17.5. The van der Waals surface area contributed by atoms with Gasteiger partial charge in [0.25, 0.3) is 0 Å². The molecule has 188 valence electrons. The molecule has 1 aliphatic heterocycles. The fourth-order valence-corrected chi connectivity index (χ4v) is 3.95. The first kappa shape index (κ1) is 30.1. The number of benzene rings is 3. The molecule has 0 aromatic heterocycles. The first-order valence-corrected chi connectivity index (χ1v) is 13.0. The molecule has 4 rings (SSSR count). The van der Waals surface area contributed by atoms with E-state index < -0.39 is 0 Å². The lowest BCUT2D eigenvalue weighted by Gasteiger charge is -2.29. The second-order valence-corrected chi connectivity index (χ2v) is 8.04. The summed E-state index contributed by atoms with van der Waals surface area (Å²) in [6.45, 7) is 19.3. The average Bonchev–Trinajstić information content (AvgIpc) is 2.92. The Hall–Kier alpha value is -2.94. The number of allylic oxidation sites excluding steroid dienone is 1. The van der Waals surface area contributed by atoms with Crippen LogP contribution >= 0.6 is 0 Å². The highest BCUT2D eigenvalue weighted by Crippen LogP contribution is 2.21. The molecular formula is C33H45NO. The van der Waals surface area contributed by atoms with Crippen LogP contribution in [-0.4, -0.2) is 16.6 Å². The highest BCUT2D eigenvalue weighted by Gasteiger charge is 2.15. The molecule has 0 unspecified atom stereocenters. The van der Waals surface area contributed by atoms with E-state index in [0.29, 0.717) is 0 Å². The van der Waals surface area contributed by atoms with Crippen LogP contribution in [0.5, 0.6) is 0 Å². The molecule has 35 heavy (non-hydrogen) atoms. The van der Waals surface area contributed by atoms with Gasteiger partial charge in [0.15, 0.2) is 0 Å². The van der Waals surface area contributed by atoms with Crippen molar-refractivity contribution in [3.05, 3.63) is 118 Å². The number of hydrogen-bond acceptors (Lipinski definition) is 2. The van der Waals surface area contributed by atoms with Crippen LogP contribution in [0.15, 0.2) is 79.4 Å². The predicted octanol–water partition coefficient (Wildman–Crippen LogP) is 8.46.